The van der Waals surface area contributed by atoms with Gasteiger partial charge in [-0.15, -0.1) is 0 Å². The summed E-state index contributed by atoms with van der Waals surface area (Å²) in [4.78, 5) is 19.3. The predicted octanol–water partition coefficient (Wildman–Crippen LogP) is 2.89. The number of likely N-dealkylation sites (tertiary alicyclic amines) is 1. The summed E-state index contributed by atoms with van der Waals surface area (Å²) in [5, 5.41) is 0. The summed E-state index contributed by atoms with van der Waals surface area (Å²) in [7, 11) is 2.21. The van der Waals surface area contributed by atoms with E-state index < -0.39 is 0 Å². The van der Waals surface area contributed by atoms with Gasteiger partial charge in [0.1, 0.15) is 0 Å². The van der Waals surface area contributed by atoms with Crippen LogP contribution >= 0.6 is 0 Å². The van der Waals surface area contributed by atoms with E-state index in [0.717, 1.165) is 25.4 Å². The summed E-state index contributed by atoms with van der Waals surface area (Å²) in [5.74, 6) is 1.30. The van der Waals surface area contributed by atoms with Crippen LogP contribution in [-0.4, -0.2) is 66.0 Å². The van der Waals surface area contributed by atoms with E-state index in [2.05, 4.69) is 49.4 Å². The lowest BCUT2D eigenvalue weighted by atomic mass is 9.95. The standard InChI is InChI=1S/C17H33N3O/c1-13(2)16-12-19(17(21)20(16)14(3)4)10-8-15-7-6-9-18(5)11-15/h13-16H,6-12H2,1-5H3. The number of rotatable bonds is 5. The Hall–Kier alpha value is -0.770. The summed E-state index contributed by atoms with van der Waals surface area (Å²) in [6.07, 6.45) is 3.79. The maximum atomic E-state index is 12.6. The van der Waals surface area contributed by atoms with Crippen LogP contribution in [0.25, 0.3) is 0 Å². The second-order valence-corrected chi connectivity index (χ2v) is 7.60. The molecule has 0 spiro atoms. The SMILES string of the molecule is CC(C)C1CN(CCC2CCCN(C)C2)C(=O)N1C(C)C. The molecule has 122 valence electrons. The zero-order valence-corrected chi connectivity index (χ0v) is 14.5. The zero-order chi connectivity index (χ0) is 15.6. The highest BCUT2D eigenvalue weighted by molar-refractivity contribution is 5.77. The minimum Gasteiger partial charge on any atom is -0.323 e. The zero-order valence-electron chi connectivity index (χ0n) is 14.5. The first-order chi connectivity index (χ1) is 9.90. The van der Waals surface area contributed by atoms with E-state index in [1.807, 2.05) is 0 Å². The fourth-order valence-electron chi connectivity index (χ4n) is 3.87. The Kier molecular flexibility index (Phi) is 5.53. The van der Waals surface area contributed by atoms with Crippen LogP contribution < -0.4 is 0 Å². The molecule has 2 rings (SSSR count). The van der Waals surface area contributed by atoms with Gasteiger partial charge in [0, 0.05) is 25.7 Å². The molecule has 21 heavy (non-hydrogen) atoms. The number of carbonyl (C=O) groups is 1. The van der Waals surface area contributed by atoms with Crippen molar-refractivity contribution in [3.05, 3.63) is 0 Å². The molecule has 2 saturated heterocycles. The van der Waals surface area contributed by atoms with Gasteiger partial charge in [-0.1, -0.05) is 13.8 Å². The van der Waals surface area contributed by atoms with E-state index >= 15 is 0 Å². The van der Waals surface area contributed by atoms with Crippen molar-refractivity contribution in [2.45, 2.75) is 59.0 Å². The van der Waals surface area contributed by atoms with Crippen molar-refractivity contribution < 1.29 is 4.79 Å². The maximum absolute atomic E-state index is 12.6. The van der Waals surface area contributed by atoms with E-state index in [4.69, 9.17) is 0 Å². The van der Waals surface area contributed by atoms with Crippen LogP contribution in [0.1, 0.15) is 47.0 Å². The van der Waals surface area contributed by atoms with Crippen molar-refractivity contribution in [1.29, 1.82) is 0 Å². The summed E-state index contributed by atoms with van der Waals surface area (Å²) in [6, 6.07) is 0.940. The van der Waals surface area contributed by atoms with Gasteiger partial charge in [-0.05, 0) is 58.5 Å². The highest BCUT2D eigenvalue weighted by atomic mass is 16.2. The average Bonchev–Trinajstić information content (AvgIpc) is 2.74. The summed E-state index contributed by atoms with van der Waals surface area (Å²) in [6.45, 7) is 13.0. The number of piperidine rings is 1. The Morgan fingerprint density at radius 1 is 1.19 bits per heavy atom. The molecule has 2 amide bonds. The molecule has 4 heteroatoms. The molecule has 0 aromatic carbocycles. The molecule has 2 heterocycles. The third-order valence-electron chi connectivity index (χ3n) is 5.11. The third kappa shape index (κ3) is 3.91. The first-order valence-electron chi connectivity index (χ1n) is 8.66. The lowest BCUT2D eigenvalue weighted by Gasteiger charge is -2.31. The number of carbonyl (C=O) groups excluding carboxylic acids is 1. The monoisotopic (exact) mass is 295 g/mol. The molecule has 2 unspecified atom stereocenters. The number of hydrogen-bond donors (Lipinski definition) is 0. The topological polar surface area (TPSA) is 26.8 Å². The number of amides is 2. The second-order valence-electron chi connectivity index (χ2n) is 7.60. The lowest BCUT2D eigenvalue weighted by molar-refractivity contribution is 0.158. The van der Waals surface area contributed by atoms with Gasteiger partial charge in [0.05, 0.1) is 6.04 Å². The minimum atomic E-state index is 0.257. The van der Waals surface area contributed by atoms with Gasteiger partial charge in [-0.2, -0.15) is 0 Å². The fraction of sp³-hybridized carbons (Fsp3) is 0.941. The molecule has 0 radical (unpaired) electrons. The van der Waals surface area contributed by atoms with E-state index in [9.17, 15) is 4.79 Å². The Bertz CT molecular complexity index is 356. The Morgan fingerprint density at radius 3 is 2.43 bits per heavy atom. The number of hydrogen-bond acceptors (Lipinski definition) is 2. The van der Waals surface area contributed by atoms with E-state index in [0.29, 0.717) is 18.0 Å². The maximum Gasteiger partial charge on any atom is 0.320 e. The molecule has 0 saturated carbocycles. The Labute approximate surface area is 130 Å². The van der Waals surface area contributed by atoms with Crippen molar-refractivity contribution in [2.75, 3.05) is 33.2 Å². The van der Waals surface area contributed by atoms with E-state index in [1.165, 1.54) is 25.9 Å². The van der Waals surface area contributed by atoms with Gasteiger partial charge in [0.25, 0.3) is 0 Å². The summed E-state index contributed by atoms with van der Waals surface area (Å²) >= 11 is 0. The average molecular weight is 295 g/mol. The molecule has 0 bridgehead atoms. The van der Waals surface area contributed by atoms with Crippen LogP contribution in [-0.2, 0) is 0 Å². The molecule has 2 aliphatic rings. The van der Waals surface area contributed by atoms with Crippen LogP contribution in [0.4, 0.5) is 4.79 Å². The molecule has 2 atom stereocenters. The molecule has 2 fully saturated rings. The molecular weight excluding hydrogens is 262 g/mol. The quantitative estimate of drug-likeness (QED) is 0.780. The smallest absolute Gasteiger partial charge is 0.320 e. The number of urea groups is 1. The number of nitrogens with zero attached hydrogens (tertiary/aromatic N) is 3. The van der Waals surface area contributed by atoms with Crippen molar-refractivity contribution in [3.63, 3.8) is 0 Å². The first-order valence-corrected chi connectivity index (χ1v) is 8.66. The van der Waals surface area contributed by atoms with Crippen molar-refractivity contribution in [3.8, 4) is 0 Å². The van der Waals surface area contributed by atoms with Crippen LogP contribution in [0.15, 0.2) is 0 Å². The van der Waals surface area contributed by atoms with Gasteiger partial charge in [0.15, 0.2) is 0 Å². The van der Waals surface area contributed by atoms with Crippen LogP contribution in [0, 0.1) is 11.8 Å². The van der Waals surface area contributed by atoms with Gasteiger partial charge >= 0.3 is 6.03 Å². The largest absolute Gasteiger partial charge is 0.323 e. The van der Waals surface area contributed by atoms with Crippen LogP contribution in [0.3, 0.4) is 0 Å². The molecule has 0 aromatic rings. The Morgan fingerprint density at radius 2 is 1.90 bits per heavy atom. The van der Waals surface area contributed by atoms with Gasteiger partial charge < -0.3 is 14.7 Å². The predicted molar refractivity (Wildman–Crippen MR) is 87.4 cm³/mol. The lowest BCUT2D eigenvalue weighted by Crippen LogP contribution is -2.42. The molecule has 0 aliphatic carbocycles. The summed E-state index contributed by atoms with van der Waals surface area (Å²) in [5.41, 5.74) is 0. The minimum absolute atomic E-state index is 0.257. The van der Waals surface area contributed by atoms with Crippen LogP contribution in [0.5, 0.6) is 0 Å². The van der Waals surface area contributed by atoms with Gasteiger partial charge in [-0.3, -0.25) is 0 Å². The van der Waals surface area contributed by atoms with Gasteiger partial charge in [-0.25, -0.2) is 4.79 Å². The van der Waals surface area contributed by atoms with Crippen molar-refractivity contribution >= 4 is 6.03 Å². The molecular formula is C17H33N3O. The summed E-state index contributed by atoms with van der Waals surface area (Å²) < 4.78 is 0. The second kappa shape index (κ2) is 6.99. The molecule has 2 aliphatic heterocycles. The van der Waals surface area contributed by atoms with E-state index in [1.54, 1.807) is 0 Å². The Balaban J connectivity index is 1.90. The fourth-order valence-corrected chi connectivity index (χ4v) is 3.87. The molecule has 4 nitrogen and oxygen atoms in total. The highest BCUT2D eigenvalue weighted by Gasteiger charge is 2.39. The highest BCUT2D eigenvalue weighted by Crippen LogP contribution is 2.26. The third-order valence-corrected chi connectivity index (χ3v) is 5.11. The van der Waals surface area contributed by atoms with Crippen molar-refractivity contribution in [1.82, 2.24) is 14.7 Å². The normalized spacial score (nSPS) is 28.2. The van der Waals surface area contributed by atoms with Crippen molar-refractivity contribution in [2.24, 2.45) is 11.8 Å². The van der Waals surface area contributed by atoms with Gasteiger partial charge in [0.2, 0.25) is 0 Å². The first kappa shape index (κ1) is 16.6. The van der Waals surface area contributed by atoms with E-state index in [-0.39, 0.29) is 6.03 Å². The van der Waals surface area contributed by atoms with Crippen LogP contribution in [0.2, 0.25) is 0 Å². The molecule has 0 aromatic heterocycles. The molecule has 0 N–H and O–H groups in total.